The molecule has 0 aromatic heterocycles. The summed E-state index contributed by atoms with van der Waals surface area (Å²) in [5, 5.41) is 5.21. The third-order valence-electron chi connectivity index (χ3n) is 2.99. The zero-order chi connectivity index (χ0) is 14.7. The Labute approximate surface area is 114 Å². The van der Waals surface area contributed by atoms with E-state index in [2.05, 4.69) is 10.6 Å². The molecule has 1 rings (SSSR count). The van der Waals surface area contributed by atoms with Crippen LogP contribution >= 0.6 is 0 Å². The van der Waals surface area contributed by atoms with Crippen molar-refractivity contribution in [1.29, 1.82) is 0 Å². The number of carbonyl (C=O) groups excluding carboxylic acids is 1. The molecule has 0 saturated carbocycles. The van der Waals surface area contributed by atoms with Gasteiger partial charge in [0, 0.05) is 18.5 Å². The molecule has 0 bridgehead atoms. The van der Waals surface area contributed by atoms with Gasteiger partial charge in [0.2, 0.25) is 0 Å². The number of carbonyl (C=O) groups is 1. The number of anilines is 1. The van der Waals surface area contributed by atoms with Gasteiger partial charge in [0.1, 0.15) is 0 Å². The first-order valence-corrected chi connectivity index (χ1v) is 7.82. The Kier molecular flexibility index (Phi) is 4.57. The van der Waals surface area contributed by atoms with E-state index in [0.29, 0.717) is 5.69 Å². The number of aryl methyl sites for hydroxylation is 1. The number of rotatable bonds is 4. The minimum atomic E-state index is -3.22. The second-order valence-electron chi connectivity index (χ2n) is 5.21. The van der Waals surface area contributed by atoms with E-state index in [1.807, 2.05) is 19.1 Å². The topological polar surface area (TPSA) is 75.3 Å². The van der Waals surface area contributed by atoms with E-state index in [0.717, 1.165) is 11.8 Å². The minimum absolute atomic E-state index is 0.0591. The predicted octanol–water partition coefficient (Wildman–Crippen LogP) is 1.94. The Bertz CT molecular complexity index is 548. The third-order valence-corrected chi connectivity index (χ3v) is 5.14. The Morgan fingerprint density at radius 3 is 2.21 bits per heavy atom. The smallest absolute Gasteiger partial charge is 0.319 e. The second kappa shape index (κ2) is 5.61. The Hall–Kier alpha value is -1.56. The average molecular weight is 284 g/mol. The van der Waals surface area contributed by atoms with Crippen molar-refractivity contribution in [2.75, 3.05) is 18.1 Å². The van der Waals surface area contributed by atoms with Crippen LogP contribution in [0.2, 0.25) is 0 Å². The molecule has 106 valence electrons. The number of hydrogen-bond donors (Lipinski definition) is 2. The summed E-state index contributed by atoms with van der Waals surface area (Å²) in [7, 11) is -3.22. The summed E-state index contributed by atoms with van der Waals surface area (Å²) in [6.45, 7) is 5.17. The van der Waals surface area contributed by atoms with Crippen molar-refractivity contribution >= 4 is 21.6 Å². The summed E-state index contributed by atoms with van der Waals surface area (Å²) in [5.74, 6) is 0. The molecule has 0 heterocycles. The van der Waals surface area contributed by atoms with Gasteiger partial charge < -0.3 is 10.6 Å². The maximum atomic E-state index is 11.7. The van der Waals surface area contributed by atoms with Gasteiger partial charge in [-0.05, 0) is 32.9 Å². The molecule has 2 amide bonds. The molecule has 0 aliphatic heterocycles. The van der Waals surface area contributed by atoms with Gasteiger partial charge in [-0.3, -0.25) is 0 Å². The van der Waals surface area contributed by atoms with Crippen molar-refractivity contribution in [3.05, 3.63) is 29.8 Å². The Balaban J connectivity index is 2.55. The van der Waals surface area contributed by atoms with Gasteiger partial charge in [0.05, 0.1) is 4.75 Å². The van der Waals surface area contributed by atoms with E-state index in [1.165, 1.54) is 0 Å². The van der Waals surface area contributed by atoms with Crippen molar-refractivity contribution in [3.8, 4) is 0 Å². The molecule has 0 spiro atoms. The minimum Gasteiger partial charge on any atom is -0.336 e. The summed E-state index contributed by atoms with van der Waals surface area (Å²) in [5.41, 5.74) is 1.77. The zero-order valence-electron chi connectivity index (χ0n) is 11.6. The highest BCUT2D eigenvalue weighted by atomic mass is 32.2. The molecule has 0 aliphatic rings. The Morgan fingerprint density at radius 2 is 1.74 bits per heavy atom. The van der Waals surface area contributed by atoms with E-state index in [-0.39, 0.29) is 6.54 Å². The van der Waals surface area contributed by atoms with Crippen LogP contribution in [0.15, 0.2) is 24.3 Å². The maximum Gasteiger partial charge on any atom is 0.319 e. The fourth-order valence-electron chi connectivity index (χ4n) is 1.24. The largest absolute Gasteiger partial charge is 0.336 e. The first kappa shape index (κ1) is 15.5. The van der Waals surface area contributed by atoms with E-state index >= 15 is 0 Å². The maximum absolute atomic E-state index is 11.7. The Morgan fingerprint density at radius 1 is 1.21 bits per heavy atom. The molecule has 1 aromatic carbocycles. The SMILES string of the molecule is Cc1ccc(NC(=O)NCC(C)(C)S(C)(=O)=O)cc1. The summed E-state index contributed by atoms with van der Waals surface area (Å²) >= 11 is 0. The summed E-state index contributed by atoms with van der Waals surface area (Å²) < 4.78 is 22.0. The average Bonchev–Trinajstić information content (AvgIpc) is 2.28. The van der Waals surface area contributed by atoms with Crippen LogP contribution in [-0.4, -0.2) is 32.0 Å². The van der Waals surface area contributed by atoms with Crippen molar-refractivity contribution in [2.45, 2.75) is 25.5 Å². The highest BCUT2D eigenvalue weighted by Gasteiger charge is 2.30. The van der Waals surface area contributed by atoms with Crippen LogP contribution in [0.5, 0.6) is 0 Å². The van der Waals surface area contributed by atoms with Gasteiger partial charge in [-0.25, -0.2) is 13.2 Å². The van der Waals surface area contributed by atoms with E-state index in [9.17, 15) is 13.2 Å². The zero-order valence-corrected chi connectivity index (χ0v) is 12.5. The van der Waals surface area contributed by atoms with Crippen LogP contribution in [0, 0.1) is 6.92 Å². The molecule has 0 atom stereocenters. The van der Waals surface area contributed by atoms with E-state index in [1.54, 1.807) is 26.0 Å². The van der Waals surface area contributed by atoms with E-state index in [4.69, 9.17) is 0 Å². The van der Waals surface area contributed by atoms with Crippen molar-refractivity contribution in [3.63, 3.8) is 0 Å². The molecule has 0 aliphatic carbocycles. The summed E-state index contributed by atoms with van der Waals surface area (Å²) in [4.78, 5) is 11.7. The van der Waals surface area contributed by atoms with Crippen LogP contribution in [0.1, 0.15) is 19.4 Å². The number of nitrogens with one attached hydrogen (secondary N) is 2. The molecule has 2 N–H and O–H groups in total. The number of urea groups is 1. The van der Waals surface area contributed by atoms with Crippen LogP contribution in [0.4, 0.5) is 10.5 Å². The molecule has 0 saturated heterocycles. The van der Waals surface area contributed by atoms with Gasteiger partial charge in [0.25, 0.3) is 0 Å². The van der Waals surface area contributed by atoms with Crippen LogP contribution in [0.3, 0.4) is 0 Å². The van der Waals surface area contributed by atoms with Gasteiger partial charge in [-0.2, -0.15) is 0 Å². The highest BCUT2D eigenvalue weighted by molar-refractivity contribution is 7.92. The van der Waals surface area contributed by atoms with Crippen molar-refractivity contribution < 1.29 is 13.2 Å². The quantitative estimate of drug-likeness (QED) is 0.887. The summed E-state index contributed by atoms with van der Waals surface area (Å²) in [6.07, 6.45) is 1.16. The number of hydrogen-bond acceptors (Lipinski definition) is 3. The molecule has 5 nitrogen and oxygen atoms in total. The third kappa shape index (κ3) is 4.55. The molecule has 1 aromatic rings. The van der Waals surface area contributed by atoms with Crippen LogP contribution in [0.25, 0.3) is 0 Å². The monoisotopic (exact) mass is 284 g/mol. The fourth-order valence-corrected chi connectivity index (χ4v) is 1.57. The number of amides is 2. The van der Waals surface area contributed by atoms with Crippen LogP contribution in [-0.2, 0) is 9.84 Å². The van der Waals surface area contributed by atoms with Crippen molar-refractivity contribution in [1.82, 2.24) is 5.32 Å². The molecule has 0 unspecified atom stereocenters. The molecule has 19 heavy (non-hydrogen) atoms. The second-order valence-corrected chi connectivity index (χ2v) is 7.86. The lowest BCUT2D eigenvalue weighted by molar-refractivity contribution is 0.251. The first-order valence-electron chi connectivity index (χ1n) is 5.93. The van der Waals surface area contributed by atoms with Crippen LogP contribution < -0.4 is 10.6 Å². The first-order chi connectivity index (χ1) is 8.62. The standard InChI is InChI=1S/C13H20N2O3S/c1-10-5-7-11(8-6-10)15-12(16)14-9-13(2,3)19(4,17)18/h5-8H,9H2,1-4H3,(H2,14,15,16). The molecule has 0 radical (unpaired) electrons. The molecular formula is C13H20N2O3S. The van der Waals surface area contributed by atoms with Crippen molar-refractivity contribution in [2.24, 2.45) is 0 Å². The van der Waals surface area contributed by atoms with Gasteiger partial charge in [-0.1, -0.05) is 17.7 Å². The predicted molar refractivity (Wildman–Crippen MR) is 77.1 cm³/mol. The van der Waals surface area contributed by atoms with Gasteiger partial charge in [-0.15, -0.1) is 0 Å². The number of sulfone groups is 1. The normalized spacial score (nSPS) is 12.0. The van der Waals surface area contributed by atoms with Gasteiger partial charge in [0.15, 0.2) is 9.84 Å². The lowest BCUT2D eigenvalue weighted by Gasteiger charge is -2.22. The summed E-state index contributed by atoms with van der Waals surface area (Å²) in [6, 6.07) is 6.93. The molecular weight excluding hydrogens is 264 g/mol. The lowest BCUT2D eigenvalue weighted by atomic mass is 10.2. The fraction of sp³-hybridized carbons (Fsp3) is 0.462. The van der Waals surface area contributed by atoms with E-state index < -0.39 is 20.6 Å². The molecule has 0 fully saturated rings. The molecule has 6 heteroatoms. The lowest BCUT2D eigenvalue weighted by Crippen LogP contribution is -2.45. The van der Waals surface area contributed by atoms with Gasteiger partial charge >= 0.3 is 6.03 Å². The highest BCUT2D eigenvalue weighted by Crippen LogP contribution is 2.13. The number of benzene rings is 1.